The molecule has 0 unspecified atom stereocenters. The molecular weight excluding hydrogens is 226 g/mol. The summed E-state index contributed by atoms with van der Waals surface area (Å²) in [5.74, 6) is 5.68. The van der Waals surface area contributed by atoms with Gasteiger partial charge in [-0.25, -0.2) is 5.01 Å². The molecule has 0 amide bonds. The molecule has 1 aliphatic rings. The van der Waals surface area contributed by atoms with Gasteiger partial charge in [0.25, 0.3) is 0 Å². The highest BCUT2D eigenvalue weighted by molar-refractivity contribution is 6.30. The van der Waals surface area contributed by atoms with Crippen LogP contribution in [0.3, 0.4) is 0 Å². The minimum atomic E-state index is -0.625. The predicted octanol–water partition coefficient (Wildman–Crippen LogP) is 2.27. The fourth-order valence-corrected chi connectivity index (χ4v) is 2.21. The smallest absolute Gasteiger partial charge is 0.130 e. The number of nitrogens with two attached hydrogens (primary N) is 1. The minimum Gasteiger partial charge on any atom is -0.269 e. The molecule has 0 bridgehead atoms. The van der Waals surface area contributed by atoms with Gasteiger partial charge in [-0.1, -0.05) is 28.9 Å². The minimum absolute atomic E-state index is 0.625. The first-order valence-corrected chi connectivity index (χ1v) is 5.64. The SMILES string of the molecule is NN1CCC(N=O)(c2ccc(Cl)cc2)CC1. The molecule has 2 N–H and O–H groups in total. The third kappa shape index (κ3) is 2.09. The molecular formula is C11H14ClN3O. The molecule has 1 heterocycles. The van der Waals surface area contributed by atoms with Crippen LogP contribution in [0, 0.1) is 4.91 Å². The highest BCUT2D eigenvalue weighted by Crippen LogP contribution is 2.36. The van der Waals surface area contributed by atoms with Crippen molar-refractivity contribution in [1.29, 1.82) is 0 Å². The molecule has 1 aliphatic heterocycles. The first kappa shape index (κ1) is 11.5. The maximum absolute atomic E-state index is 11.1. The quantitative estimate of drug-likeness (QED) is 0.636. The lowest BCUT2D eigenvalue weighted by Crippen LogP contribution is -2.44. The van der Waals surface area contributed by atoms with E-state index in [9.17, 15) is 4.91 Å². The lowest BCUT2D eigenvalue weighted by molar-refractivity contribution is 0.164. The first-order valence-electron chi connectivity index (χ1n) is 5.26. The van der Waals surface area contributed by atoms with E-state index in [4.69, 9.17) is 17.4 Å². The van der Waals surface area contributed by atoms with Crippen molar-refractivity contribution in [2.45, 2.75) is 18.4 Å². The Bertz CT molecular complexity index is 371. The van der Waals surface area contributed by atoms with Crippen LogP contribution in [0.15, 0.2) is 29.4 Å². The molecule has 86 valence electrons. The largest absolute Gasteiger partial charge is 0.269 e. The molecule has 5 heteroatoms. The summed E-state index contributed by atoms with van der Waals surface area (Å²) >= 11 is 5.83. The number of benzene rings is 1. The molecule has 0 aliphatic carbocycles. The average molecular weight is 240 g/mol. The van der Waals surface area contributed by atoms with Gasteiger partial charge in [0.05, 0.1) is 0 Å². The zero-order valence-electron chi connectivity index (χ0n) is 8.90. The molecule has 0 radical (unpaired) electrons. The van der Waals surface area contributed by atoms with E-state index >= 15 is 0 Å². The number of nitroso groups, excluding NO2 is 1. The molecule has 16 heavy (non-hydrogen) atoms. The molecule has 0 spiro atoms. The van der Waals surface area contributed by atoms with E-state index in [0.717, 1.165) is 5.56 Å². The van der Waals surface area contributed by atoms with E-state index in [1.165, 1.54) is 0 Å². The summed E-state index contributed by atoms with van der Waals surface area (Å²) < 4.78 is 0. The summed E-state index contributed by atoms with van der Waals surface area (Å²) in [4.78, 5) is 11.1. The summed E-state index contributed by atoms with van der Waals surface area (Å²) in [7, 11) is 0. The van der Waals surface area contributed by atoms with Crippen LogP contribution in [0.2, 0.25) is 5.02 Å². The van der Waals surface area contributed by atoms with Gasteiger partial charge in [0.1, 0.15) is 5.54 Å². The van der Waals surface area contributed by atoms with E-state index < -0.39 is 5.54 Å². The maximum atomic E-state index is 11.1. The van der Waals surface area contributed by atoms with Gasteiger partial charge in [0.15, 0.2) is 0 Å². The van der Waals surface area contributed by atoms with Gasteiger partial charge in [-0.05, 0) is 30.5 Å². The fourth-order valence-electron chi connectivity index (χ4n) is 2.09. The molecule has 2 rings (SSSR count). The van der Waals surface area contributed by atoms with Crippen molar-refractivity contribution in [3.63, 3.8) is 0 Å². The second-order valence-corrected chi connectivity index (χ2v) is 4.60. The summed E-state index contributed by atoms with van der Waals surface area (Å²) in [6.07, 6.45) is 1.32. The van der Waals surface area contributed by atoms with Crippen molar-refractivity contribution >= 4 is 11.6 Å². The van der Waals surface area contributed by atoms with Crippen LogP contribution in [0.4, 0.5) is 0 Å². The Morgan fingerprint density at radius 1 is 1.25 bits per heavy atom. The van der Waals surface area contributed by atoms with Crippen LogP contribution >= 0.6 is 11.6 Å². The van der Waals surface area contributed by atoms with Gasteiger partial charge in [-0.3, -0.25) is 5.84 Å². The molecule has 0 aromatic heterocycles. The summed E-state index contributed by atoms with van der Waals surface area (Å²) in [6, 6.07) is 7.32. The molecule has 1 aromatic rings. The fraction of sp³-hybridized carbons (Fsp3) is 0.455. The van der Waals surface area contributed by atoms with Crippen LogP contribution in [-0.2, 0) is 5.54 Å². The molecule has 1 aromatic carbocycles. The number of halogens is 1. The van der Waals surface area contributed by atoms with Crippen LogP contribution in [0.1, 0.15) is 18.4 Å². The maximum Gasteiger partial charge on any atom is 0.130 e. The predicted molar refractivity (Wildman–Crippen MR) is 63.9 cm³/mol. The third-order valence-corrected chi connectivity index (χ3v) is 3.43. The number of hydrogen-bond donors (Lipinski definition) is 1. The number of piperidine rings is 1. The van der Waals surface area contributed by atoms with Gasteiger partial charge >= 0.3 is 0 Å². The normalized spacial score (nSPS) is 20.6. The standard InChI is InChI=1S/C11H14ClN3O/c12-10-3-1-9(2-4-10)11(14-16)5-7-15(13)8-6-11/h1-4H,5-8,13H2. The summed E-state index contributed by atoms with van der Waals surface area (Å²) in [5.41, 5.74) is 0.306. The third-order valence-electron chi connectivity index (χ3n) is 3.18. The summed E-state index contributed by atoms with van der Waals surface area (Å²) in [6.45, 7) is 1.38. The Balaban J connectivity index is 2.27. The Kier molecular flexibility index (Phi) is 3.23. The van der Waals surface area contributed by atoms with Gasteiger partial charge in [-0.15, -0.1) is 4.91 Å². The Morgan fingerprint density at radius 2 is 1.81 bits per heavy atom. The van der Waals surface area contributed by atoms with Crippen molar-refractivity contribution in [3.05, 3.63) is 39.8 Å². The topological polar surface area (TPSA) is 58.7 Å². The molecule has 0 atom stereocenters. The van der Waals surface area contributed by atoms with Crippen molar-refractivity contribution in [1.82, 2.24) is 5.01 Å². The van der Waals surface area contributed by atoms with Crippen LogP contribution in [0.25, 0.3) is 0 Å². The van der Waals surface area contributed by atoms with Gasteiger partial charge < -0.3 is 0 Å². The van der Waals surface area contributed by atoms with Crippen LogP contribution < -0.4 is 5.84 Å². The highest BCUT2D eigenvalue weighted by atomic mass is 35.5. The number of hydrazine groups is 1. The first-order chi connectivity index (χ1) is 7.66. The Hall–Kier alpha value is -0.970. The van der Waals surface area contributed by atoms with Crippen LogP contribution in [-0.4, -0.2) is 18.1 Å². The van der Waals surface area contributed by atoms with Crippen molar-refractivity contribution < 1.29 is 0 Å². The second-order valence-electron chi connectivity index (χ2n) is 4.17. The molecule has 4 nitrogen and oxygen atoms in total. The van der Waals surface area contributed by atoms with E-state index in [1.807, 2.05) is 12.1 Å². The molecule has 1 saturated heterocycles. The number of hydrogen-bond acceptors (Lipinski definition) is 4. The van der Waals surface area contributed by atoms with E-state index in [0.29, 0.717) is 31.0 Å². The Labute approximate surface area is 99.3 Å². The van der Waals surface area contributed by atoms with Crippen molar-refractivity contribution in [2.24, 2.45) is 11.0 Å². The number of nitrogens with zero attached hydrogens (tertiary/aromatic N) is 2. The number of rotatable bonds is 2. The second kappa shape index (κ2) is 4.49. The summed E-state index contributed by atoms with van der Waals surface area (Å²) in [5, 5.41) is 5.73. The van der Waals surface area contributed by atoms with Gasteiger partial charge in [-0.2, -0.15) is 0 Å². The van der Waals surface area contributed by atoms with E-state index in [2.05, 4.69) is 5.18 Å². The van der Waals surface area contributed by atoms with E-state index in [1.54, 1.807) is 17.1 Å². The zero-order valence-corrected chi connectivity index (χ0v) is 9.65. The highest BCUT2D eigenvalue weighted by Gasteiger charge is 2.37. The van der Waals surface area contributed by atoms with Crippen molar-refractivity contribution in [2.75, 3.05) is 13.1 Å². The Morgan fingerprint density at radius 3 is 2.31 bits per heavy atom. The lowest BCUT2D eigenvalue weighted by atomic mass is 9.82. The average Bonchev–Trinajstić information content (AvgIpc) is 2.32. The zero-order chi connectivity index (χ0) is 11.6. The van der Waals surface area contributed by atoms with Crippen molar-refractivity contribution in [3.8, 4) is 0 Å². The van der Waals surface area contributed by atoms with Crippen LogP contribution in [0.5, 0.6) is 0 Å². The van der Waals surface area contributed by atoms with Gasteiger partial charge in [0, 0.05) is 18.1 Å². The molecule has 0 saturated carbocycles. The lowest BCUT2D eigenvalue weighted by Gasteiger charge is -2.35. The monoisotopic (exact) mass is 239 g/mol. The van der Waals surface area contributed by atoms with Gasteiger partial charge in [0.2, 0.25) is 0 Å². The van der Waals surface area contributed by atoms with E-state index in [-0.39, 0.29) is 0 Å². The molecule has 1 fully saturated rings.